The second-order valence-corrected chi connectivity index (χ2v) is 7.85. The van der Waals surface area contributed by atoms with E-state index in [4.69, 9.17) is 11.6 Å². The number of aromatic nitrogens is 4. The molecule has 7 nitrogen and oxygen atoms in total. The van der Waals surface area contributed by atoms with Gasteiger partial charge in [-0.05, 0) is 17.7 Å². The van der Waals surface area contributed by atoms with Gasteiger partial charge in [0.15, 0.2) is 5.65 Å². The zero-order valence-electron chi connectivity index (χ0n) is 15.6. The molecule has 1 amide bonds. The quantitative estimate of drug-likeness (QED) is 0.729. The van der Waals surface area contributed by atoms with Crippen LogP contribution < -0.4 is 10.9 Å². The Kier molecular flexibility index (Phi) is 5.32. The van der Waals surface area contributed by atoms with Crippen molar-refractivity contribution < 1.29 is 4.79 Å². The van der Waals surface area contributed by atoms with Gasteiger partial charge in [-0.1, -0.05) is 44.5 Å². The van der Waals surface area contributed by atoms with Gasteiger partial charge >= 0.3 is 0 Å². The topological polar surface area (TPSA) is 81.8 Å². The molecule has 0 radical (unpaired) electrons. The van der Waals surface area contributed by atoms with E-state index < -0.39 is 5.41 Å². The molecule has 3 aromatic rings. The molecule has 0 aliphatic rings. The van der Waals surface area contributed by atoms with Crippen LogP contribution >= 0.6 is 11.6 Å². The number of nitrogens with one attached hydrogen (secondary N) is 1. The van der Waals surface area contributed by atoms with Crippen LogP contribution in [0.1, 0.15) is 26.3 Å². The van der Waals surface area contributed by atoms with E-state index in [0.717, 1.165) is 5.56 Å². The van der Waals surface area contributed by atoms with Crippen LogP contribution in [-0.4, -0.2) is 31.8 Å². The summed E-state index contributed by atoms with van der Waals surface area (Å²) in [6.45, 7) is 6.81. The first kappa shape index (κ1) is 19.1. The van der Waals surface area contributed by atoms with Crippen LogP contribution in [0.3, 0.4) is 0 Å². The van der Waals surface area contributed by atoms with Crippen LogP contribution in [0.15, 0.2) is 41.6 Å². The summed E-state index contributed by atoms with van der Waals surface area (Å²) in [4.78, 5) is 29.0. The van der Waals surface area contributed by atoms with E-state index in [1.54, 1.807) is 10.7 Å². The number of hydrogen-bond donors (Lipinski definition) is 1. The van der Waals surface area contributed by atoms with Crippen molar-refractivity contribution in [1.82, 2.24) is 24.6 Å². The van der Waals surface area contributed by atoms with E-state index >= 15 is 0 Å². The highest BCUT2D eigenvalue weighted by Gasteiger charge is 2.20. The lowest BCUT2D eigenvalue weighted by Crippen LogP contribution is -2.36. The number of benzene rings is 1. The van der Waals surface area contributed by atoms with E-state index in [0.29, 0.717) is 35.7 Å². The van der Waals surface area contributed by atoms with Gasteiger partial charge in [0.25, 0.3) is 5.56 Å². The van der Waals surface area contributed by atoms with Gasteiger partial charge in [-0.25, -0.2) is 9.67 Å². The zero-order chi connectivity index (χ0) is 19.6. The van der Waals surface area contributed by atoms with Crippen molar-refractivity contribution in [2.45, 2.75) is 33.9 Å². The number of halogens is 1. The molecule has 27 heavy (non-hydrogen) atoms. The largest absolute Gasteiger partial charge is 0.354 e. The highest BCUT2D eigenvalue weighted by Crippen LogP contribution is 2.13. The Morgan fingerprint density at radius 3 is 2.78 bits per heavy atom. The molecule has 0 atom stereocenters. The van der Waals surface area contributed by atoms with E-state index in [1.165, 1.54) is 17.1 Å². The molecule has 0 unspecified atom stereocenters. The highest BCUT2D eigenvalue weighted by molar-refractivity contribution is 6.30. The Balaban J connectivity index is 1.76. The first-order chi connectivity index (χ1) is 12.8. The molecule has 2 heterocycles. The van der Waals surface area contributed by atoms with Crippen LogP contribution in [0.5, 0.6) is 0 Å². The fourth-order valence-electron chi connectivity index (χ4n) is 2.65. The van der Waals surface area contributed by atoms with Crippen molar-refractivity contribution in [2.24, 2.45) is 5.41 Å². The summed E-state index contributed by atoms with van der Waals surface area (Å²) in [5, 5.41) is 8.18. The molecule has 0 saturated heterocycles. The molecule has 0 bridgehead atoms. The summed E-state index contributed by atoms with van der Waals surface area (Å²) in [7, 11) is 0. The molecule has 0 aliphatic carbocycles. The minimum atomic E-state index is -0.446. The van der Waals surface area contributed by atoms with Gasteiger partial charge in [0.1, 0.15) is 11.7 Å². The monoisotopic (exact) mass is 387 g/mol. The first-order valence-corrected chi connectivity index (χ1v) is 9.07. The number of carbonyl (C=O) groups excluding carboxylic acids is 1. The SMILES string of the molecule is CC(C)(C)C(=O)NCCn1ncc2c(=O)n(Cc3cccc(Cl)c3)cnc21. The number of hydrogen-bond acceptors (Lipinski definition) is 4. The van der Waals surface area contributed by atoms with Gasteiger partial charge in [0.05, 0.1) is 19.3 Å². The van der Waals surface area contributed by atoms with E-state index in [2.05, 4.69) is 15.4 Å². The Labute approximate surface area is 162 Å². The fraction of sp³-hybridized carbons (Fsp3) is 0.368. The molecule has 1 aromatic carbocycles. The Morgan fingerprint density at radius 2 is 2.07 bits per heavy atom. The number of rotatable bonds is 5. The third kappa shape index (κ3) is 4.36. The molecule has 0 aliphatic heterocycles. The maximum absolute atomic E-state index is 12.7. The van der Waals surface area contributed by atoms with E-state index in [1.807, 2.05) is 39.0 Å². The number of nitrogens with zero attached hydrogens (tertiary/aromatic N) is 4. The molecule has 0 spiro atoms. The van der Waals surface area contributed by atoms with E-state index in [-0.39, 0.29) is 11.5 Å². The average Bonchev–Trinajstić information content (AvgIpc) is 3.00. The molecule has 8 heteroatoms. The normalized spacial score (nSPS) is 11.7. The van der Waals surface area contributed by atoms with Gasteiger partial charge in [0.2, 0.25) is 5.91 Å². The second kappa shape index (κ2) is 7.52. The third-order valence-corrected chi connectivity index (χ3v) is 4.39. The lowest BCUT2D eigenvalue weighted by atomic mass is 9.96. The summed E-state index contributed by atoms with van der Waals surface area (Å²) in [6, 6.07) is 7.36. The lowest BCUT2D eigenvalue weighted by Gasteiger charge is -2.17. The smallest absolute Gasteiger partial charge is 0.264 e. The molecule has 2 aromatic heterocycles. The van der Waals surface area contributed by atoms with Gasteiger partial charge in [-0.15, -0.1) is 0 Å². The molecular weight excluding hydrogens is 366 g/mol. The standard InChI is InChI=1S/C19H22ClN5O2/c1-19(2,3)18(27)21-7-8-25-16-15(10-23-25)17(26)24(12-22-16)11-13-5-4-6-14(20)9-13/h4-6,9-10,12H,7-8,11H2,1-3H3,(H,21,27). The Hall–Kier alpha value is -2.67. The van der Waals surface area contributed by atoms with Gasteiger partial charge < -0.3 is 5.32 Å². The summed E-state index contributed by atoms with van der Waals surface area (Å²) < 4.78 is 3.16. The summed E-state index contributed by atoms with van der Waals surface area (Å²) in [6.07, 6.45) is 3.03. The average molecular weight is 388 g/mol. The molecule has 0 fully saturated rings. The zero-order valence-corrected chi connectivity index (χ0v) is 16.3. The Morgan fingerprint density at radius 1 is 1.30 bits per heavy atom. The van der Waals surface area contributed by atoms with Crippen LogP contribution in [0.2, 0.25) is 5.02 Å². The second-order valence-electron chi connectivity index (χ2n) is 7.42. The van der Waals surface area contributed by atoms with E-state index in [9.17, 15) is 9.59 Å². The summed E-state index contributed by atoms with van der Waals surface area (Å²) in [5.41, 5.74) is 0.818. The predicted molar refractivity (Wildman–Crippen MR) is 105 cm³/mol. The maximum Gasteiger partial charge on any atom is 0.264 e. The minimum absolute atomic E-state index is 0.0317. The predicted octanol–water partition coefficient (Wildman–Crippen LogP) is 2.46. The van der Waals surface area contributed by atoms with Crippen molar-refractivity contribution in [1.29, 1.82) is 0 Å². The molecule has 3 rings (SSSR count). The van der Waals surface area contributed by atoms with Gasteiger partial charge in [0, 0.05) is 17.0 Å². The van der Waals surface area contributed by atoms with Gasteiger partial charge in [-0.2, -0.15) is 5.10 Å². The lowest BCUT2D eigenvalue weighted by molar-refractivity contribution is -0.128. The first-order valence-electron chi connectivity index (χ1n) is 8.69. The fourth-order valence-corrected chi connectivity index (χ4v) is 2.86. The van der Waals surface area contributed by atoms with Gasteiger partial charge in [-0.3, -0.25) is 14.2 Å². The van der Waals surface area contributed by atoms with Crippen LogP contribution in [0.4, 0.5) is 0 Å². The van der Waals surface area contributed by atoms with Crippen LogP contribution in [0, 0.1) is 5.41 Å². The van der Waals surface area contributed by atoms with Crippen LogP contribution in [0.25, 0.3) is 11.0 Å². The Bertz CT molecular complexity index is 1030. The maximum atomic E-state index is 12.7. The minimum Gasteiger partial charge on any atom is -0.354 e. The molecule has 142 valence electrons. The van der Waals surface area contributed by atoms with Crippen molar-refractivity contribution in [3.8, 4) is 0 Å². The third-order valence-electron chi connectivity index (χ3n) is 4.15. The van der Waals surface area contributed by atoms with Crippen molar-refractivity contribution in [2.75, 3.05) is 6.54 Å². The van der Waals surface area contributed by atoms with Crippen molar-refractivity contribution >= 4 is 28.5 Å². The summed E-state index contributed by atoms with van der Waals surface area (Å²) in [5.74, 6) is -0.0317. The summed E-state index contributed by atoms with van der Waals surface area (Å²) >= 11 is 6.00. The molecular formula is C19H22ClN5O2. The van der Waals surface area contributed by atoms with Crippen LogP contribution in [-0.2, 0) is 17.9 Å². The highest BCUT2D eigenvalue weighted by atomic mass is 35.5. The number of fused-ring (bicyclic) bond motifs is 1. The van der Waals surface area contributed by atoms with Crippen molar-refractivity contribution in [3.63, 3.8) is 0 Å². The molecule has 0 saturated carbocycles. The van der Waals surface area contributed by atoms with Crippen molar-refractivity contribution in [3.05, 3.63) is 57.7 Å². The molecule has 1 N–H and O–H groups in total. The number of amides is 1. The number of carbonyl (C=O) groups is 1.